The Bertz CT molecular complexity index is 1100. The summed E-state index contributed by atoms with van der Waals surface area (Å²) in [4.78, 5) is 39.3. The molecule has 3 rings (SSSR count). The van der Waals surface area contributed by atoms with Crippen molar-refractivity contribution in [3.63, 3.8) is 0 Å². The first-order valence-corrected chi connectivity index (χ1v) is 9.15. The zero-order valence-corrected chi connectivity index (χ0v) is 17.2. The maximum absolute atomic E-state index is 13.2. The SMILES string of the molecule is COc1ccccc1N1C(=O)/C(=C\c2cc([N+](=O)[O-])ccc2N(C)C)C(=O)NC1=S. The molecule has 1 fully saturated rings. The summed E-state index contributed by atoms with van der Waals surface area (Å²) in [5.74, 6) is -0.954. The van der Waals surface area contributed by atoms with Crippen molar-refractivity contribution < 1.29 is 19.2 Å². The number of carbonyl (C=O) groups excluding carboxylic acids is 2. The third-order valence-corrected chi connectivity index (χ3v) is 4.72. The number of nitrogens with one attached hydrogen (secondary N) is 1. The van der Waals surface area contributed by atoms with Gasteiger partial charge in [0.25, 0.3) is 17.5 Å². The lowest BCUT2D eigenvalue weighted by atomic mass is 10.0. The maximum atomic E-state index is 13.2. The number of hydrogen-bond acceptors (Lipinski definition) is 7. The molecule has 1 aliphatic heterocycles. The van der Waals surface area contributed by atoms with Crippen molar-refractivity contribution >= 4 is 52.3 Å². The van der Waals surface area contributed by atoms with Gasteiger partial charge in [0, 0.05) is 37.5 Å². The lowest BCUT2D eigenvalue weighted by molar-refractivity contribution is -0.384. The number of anilines is 2. The highest BCUT2D eigenvalue weighted by atomic mass is 32.1. The highest BCUT2D eigenvalue weighted by Crippen LogP contribution is 2.32. The molecule has 154 valence electrons. The van der Waals surface area contributed by atoms with Crippen LogP contribution in [0.1, 0.15) is 5.56 Å². The molecule has 0 spiro atoms. The molecule has 30 heavy (non-hydrogen) atoms. The van der Waals surface area contributed by atoms with Crippen LogP contribution in [0.3, 0.4) is 0 Å². The van der Waals surface area contributed by atoms with Crippen molar-refractivity contribution in [1.29, 1.82) is 0 Å². The standard InChI is InChI=1S/C20H18N4O5S/c1-22(2)15-9-8-13(24(27)28)10-12(15)11-14-18(25)21-20(30)23(19(14)26)16-6-4-5-7-17(16)29-3/h4-11H,1-3H3,(H,21,25,30)/b14-11-. The van der Waals surface area contributed by atoms with Crippen LogP contribution in [0.5, 0.6) is 5.75 Å². The third-order valence-electron chi connectivity index (χ3n) is 4.43. The van der Waals surface area contributed by atoms with E-state index in [0.717, 1.165) is 4.90 Å². The molecule has 0 unspecified atom stereocenters. The molecule has 2 aromatic rings. The fraction of sp³-hybridized carbons (Fsp3) is 0.150. The third kappa shape index (κ3) is 3.85. The Morgan fingerprint density at radius 3 is 2.53 bits per heavy atom. The zero-order valence-electron chi connectivity index (χ0n) is 16.4. The fourth-order valence-corrected chi connectivity index (χ4v) is 3.30. The molecule has 0 bridgehead atoms. The van der Waals surface area contributed by atoms with Crippen LogP contribution in [-0.4, -0.2) is 43.1 Å². The molecule has 1 aliphatic rings. The summed E-state index contributed by atoms with van der Waals surface area (Å²) in [5.41, 5.74) is 0.949. The molecule has 2 aromatic carbocycles. The average Bonchev–Trinajstić information content (AvgIpc) is 2.71. The monoisotopic (exact) mass is 426 g/mol. The number of nitrogens with zero attached hydrogens (tertiary/aromatic N) is 3. The molecular weight excluding hydrogens is 408 g/mol. The molecule has 1 heterocycles. The fourth-order valence-electron chi connectivity index (χ4n) is 3.02. The first-order valence-electron chi connectivity index (χ1n) is 8.75. The second-order valence-corrected chi connectivity index (χ2v) is 6.91. The lowest BCUT2D eigenvalue weighted by Gasteiger charge is -2.30. The molecule has 0 atom stereocenters. The van der Waals surface area contributed by atoms with E-state index >= 15 is 0 Å². The maximum Gasteiger partial charge on any atom is 0.270 e. The Balaban J connectivity index is 2.14. The first kappa shape index (κ1) is 20.9. The highest BCUT2D eigenvalue weighted by molar-refractivity contribution is 7.80. The van der Waals surface area contributed by atoms with E-state index in [1.807, 2.05) is 0 Å². The highest BCUT2D eigenvalue weighted by Gasteiger charge is 2.36. The summed E-state index contributed by atoms with van der Waals surface area (Å²) >= 11 is 5.20. The van der Waals surface area contributed by atoms with Crippen molar-refractivity contribution in [1.82, 2.24) is 5.32 Å². The number of ether oxygens (including phenoxy) is 1. The molecule has 0 aliphatic carbocycles. The molecule has 2 amide bonds. The summed E-state index contributed by atoms with van der Waals surface area (Å²) in [6.45, 7) is 0. The van der Waals surface area contributed by atoms with Crippen LogP contribution in [0.4, 0.5) is 17.1 Å². The number of non-ortho nitro benzene ring substituents is 1. The minimum absolute atomic E-state index is 0.0847. The summed E-state index contributed by atoms with van der Waals surface area (Å²) in [6, 6.07) is 11.0. The molecule has 1 saturated heterocycles. The van der Waals surface area contributed by atoms with Crippen molar-refractivity contribution in [3.05, 3.63) is 63.7 Å². The molecule has 9 nitrogen and oxygen atoms in total. The molecular formula is C20H18N4O5S. The molecule has 10 heteroatoms. The number of amides is 2. The smallest absolute Gasteiger partial charge is 0.270 e. The zero-order chi connectivity index (χ0) is 22.0. The van der Waals surface area contributed by atoms with E-state index in [0.29, 0.717) is 22.7 Å². The van der Waals surface area contributed by atoms with Gasteiger partial charge in [-0.2, -0.15) is 0 Å². The van der Waals surface area contributed by atoms with E-state index in [1.165, 1.54) is 25.3 Å². The van der Waals surface area contributed by atoms with Gasteiger partial charge >= 0.3 is 0 Å². The van der Waals surface area contributed by atoms with Crippen LogP contribution in [0.25, 0.3) is 6.08 Å². The molecule has 0 aromatic heterocycles. The van der Waals surface area contributed by atoms with Crippen molar-refractivity contribution in [2.24, 2.45) is 0 Å². The summed E-state index contributed by atoms with van der Waals surface area (Å²) in [5, 5.41) is 13.6. The van der Waals surface area contributed by atoms with Gasteiger partial charge in [0.05, 0.1) is 17.7 Å². The van der Waals surface area contributed by atoms with Crippen LogP contribution in [-0.2, 0) is 9.59 Å². The van der Waals surface area contributed by atoms with Gasteiger partial charge in [-0.15, -0.1) is 0 Å². The first-order chi connectivity index (χ1) is 14.2. The lowest BCUT2D eigenvalue weighted by Crippen LogP contribution is -2.54. The van der Waals surface area contributed by atoms with Gasteiger partial charge in [0.2, 0.25) is 0 Å². The summed E-state index contributed by atoms with van der Waals surface area (Å²) in [7, 11) is 4.96. The quantitative estimate of drug-likeness (QED) is 0.257. The topological polar surface area (TPSA) is 105 Å². The van der Waals surface area contributed by atoms with E-state index in [2.05, 4.69) is 5.32 Å². The number of para-hydroxylation sites is 2. The van der Waals surface area contributed by atoms with Crippen LogP contribution < -0.4 is 19.9 Å². The molecule has 0 saturated carbocycles. The van der Waals surface area contributed by atoms with E-state index in [4.69, 9.17) is 17.0 Å². The van der Waals surface area contributed by atoms with Crippen LogP contribution in [0, 0.1) is 10.1 Å². The average molecular weight is 426 g/mol. The van der Waals surface area contributed by atoms with E-state index in [9.17, 15) is 19.7 Å². The van der Waals surface area contributed by atoms with Crippen LogP contribution in [0.15, 0.2) is 48.0 Å². The van der Waals surface area contributed by atoms with Gasteiger partial charge in [-0.25, -0.2) is 4.90 Å². The van der Waals surface area contributed by atoms with Gasteiger partial charge in [0.15, 0.2) is 5.11 Å². The van der Waals surface area contributed by atoms with E-state index in [1.54, 1.807) is 49.3 Å². The van der Waals surface area contributed by atoms with Crippen LogP contribution in [0.2, 0.25) is 0 Å². The number of rotatable bonds is 5. The Kier molecular flexibility index (Phi) is 5.79. The number of benzene rings is 2. The Morgan fingerprint density at radius 1 is 1.20 bits per heavy atom. The molecule has 1 N–H and O–H groups in total. The van der Waals surface area contributed by atoms with Crippen molar-refractivity contribution in [2.75, 3.05) is 31.0 Å². The summed E-state index contributed by atoms with van der Waals surface area (Å²) < 4.78 is 5.30. The van der Waals surface area contributed by atoms with E-state index < -0.39 is 16.7 Å². The number of methoxy groups -OCH3 is 1. The normalized spacial score (nSPS) is 15.2. The largest absolute Gasteiger partial charge is 0.495 e. The van der Waals surface area contributed by atoms with Gasteiger partial charge in [-0.05, 0) is 36.5 Å². The second kappa shape index (κ2) is 8.29. The predicted octanol–water partition coefficient (Wildman–Crippen LogP) is 2.50. The second-order valence-electron chi connectivity index (χ2n) is 6.52. The van der Waals surface area contributed by atoms with Gasteiger partial charge in [-0.1, -0.05) is 12.1 Å². The minimum atomic E-state index is -0.688. The number of nitro benzene ring substituents is 1. The minimum Gasteiger partial charge on any atom is -0.495 e. The van der Waals surface area contributed by atoms with E-state index in [-0.39, 0.29) is 16.4 Å². The predicted molar refractivity (Wildman–Crippen MR) is 117 cm³/mol. The number of carbonyl (C=O) groups is 2. The van der Waals surface area contributed by atoms with Crippen molar-refractivity contribution in [2.45, 2.75) is 0 Å². The van der Waals surface area contributed by atoms with Crippen molar-refractivity contribution in [3.8, 4) is 5.75 Å². The van der Waals surface area contributed by atoms with Gasteiger partial charge in [0.1, 0.15) is 11.3 Å². The molecule has 0 radical (unpaired) electrons. The number of thiocarbonyl (C=S) groups is 1. The van der Waals surface area contributed by atoms with Gasteiger partial charge in [-0.3, -0.25) is 25.0 Å². The van der Waals surface area contributed by atoms with Gasteiger partial charge < -0.3 is 9.64 Å². The Morgan fingerprint density at radius 2 is 1.90 bits per heavy atom. The number of nitro groups is 1. The number of hydrogen-bond donors (Lipinski definition) is 1. The Hall–Kier alpha value is -3.79. The van der Waals surface area contributed by atoms with Crippen LogP contribution >= 0.6 is 12.2 Å². The summed E-state index contributed by atoms with van der Waals surface area (Å²) in [6.07, 6.45) is 1.32. The Labute approximate surface area is 177 Å².